The third kappa shape index (κ3) is 2.87. The quantitative estimate of drug-likeness (QED) is 0.645. The van der Waals surface area contributed by atoms with Crippen LogP contribution in [0.25, 0.3) is 10.9 Å². The Hall–Kier alpha value is -2.55. The number of carbonyl (C=O) groups is 1. The van der Waals surface area contributed by atoms with Crippen molar-refractivity contribution in [2.45, 2.75) is 27.3 Å². The minimum absolute atomic E-state index is 0.0907. The van der Waals surface area contributed by atoms with Crippen molar-refractivity contribution < 1.29 is 9.53 Å². The summed E-state index contributed by atoms with van der Waals surface area (Å²) in [6.45, 7) is 6.97. The molecule has 3 nitrogen and oxygen atoms in total. The van der Waals surface area contributed by atoms with Gasteiger partial charge in [-0.15, -0.1) is 0 Å². The molecular weight excluding hydrogens is 286 g/mol. The molecule has 0 bridgehead atoms. The number of ketones is 1. The van der Waals surface area contributed by atoms with Crippen LogP contribution < -0.4 is 4.74 Å². The van der Waals surface area contributed by atoms with E-state index < -0.39 is 0 Å². The fourth-order valence-corrected chi connectivity index (χ4v) is 3.13. The Morgan fingerprint density at radius 1 is 1.13 bits per heavy atom. The zero-order valence-electron chi connectivity index (χ0n) is 13.8. The lowest BCUT2D eigenvalue weighted by molar-refractivity contribution is 0.101. The van der Waals surface area contributed by atoms with E-state index in [1.54, 1.807) is 6.92 Å². The molecule has 3 rings (SSSR count). The van der Waals surface area contributed by atoms with Crippen molar-refractivity contribution in [1.82, 2.24) is 4.57 Å². The number of carbonyl (C=O) groups excluding carboxylic acids is 1. The van der Waals surface area contributed by atoms with Gasteiger partial charge in [0.25, 0.3) is 0 Å². The number of hydrogen-bond acceptors (Lipinski definition) is 2. The minimum atomic E-state index is 0.0907. The van der Waals surface area contributed by atoms with Gasteiger partial charge in [0.05, 0.1) is 6.61 Å². The van der Waals surface area contributed by atoms with Gasteiger partial charge >= 0.3 is 0 Å². The molecule has 2 aromatic carbocycles. The predicted octanol–water partition coefficient (Wildman–Crippen LogP) is 4.60. The predicted molar refractivity (Wildman–Crippen MR) is 93.4 cm³/mol. The number of aromatic nitrogens is 1. The molecule has 3 heteroatoms. The van der Waals surface area contributed by atoms with E-state index in [1.165, 1.54) is 5.56 Å². The summed E-state index contributed by atoms with van der Waals surface area (Å²) >= 11 is 0. The number of hydrogen-bond donors (Lipinski definition) is 0. The Morgan fingerprint density at radius 3 is 2.52 bits per heavy atom. The van der Waals surface area contributed by atoms with Crippen molar-refractivity contribution in [2.75, 3.05) is 6.61 Å². The molecule has 1 heterocycles. The maximum absolute atomic E-state index is 12.2. The summed E-state index contributed by atoms with van der Waals surface area (Å²) in [7, 11) is 0. The molecule has 0 aliphatic carbocycles. The number of Topliss-reactive ketones (excluding diaryl/α,β-unsaturated/α-hetero) is 1. The zero-order valence-corrected chi connectivity index (χ0v) is 13.8. The van der Waals surface area contributed by atoms with Gasteiger partial charge in [-0.2, -0.15) is 0 Å². The normalized spacial score (nSPS) is 10.9. The first kappa shape index (κ1) is 15.3. The maximum atomic E-state index is 12.2. The summed E-state index contributed by atoms with van der Waals surface area (Å²) in [5, 5.41) is 0.969. The fourth-order valence-electron chi connectivity index (χ4n) is 3.13. The molecule has 0 unspecified atom stereocenters. The summed E-state index contributed by atoms with van der Waals surface area (Å²) in [5.74, 6) is 0.896. The molecule has 0 saturated carbocycles. The van der Waals surface area contributed by atoms with Gasteiger partial charge in [0.2, 0.25) is 0 Å². The topological polar surface area (TPSA) is 31.2 Å². The van der Waals surface area contributed by atoms with Gasteiger partial charge in [0, 0.05) is 28.7 Å². The van der Waals surface area contributed by atoms with Crippen molar-refractivity contribution in [3.63, 3.8) is 0 Å². The molecule has 0 radical (unpaired) electrons. The summed E-state index contributed by atoms with van der Waals surface area (Å²) < 4.78 is 7.80. The van der Waals surface area contributed by atoms with Crippen LogP contribution in [0.15, 0.2) is 48.5 Å². The standard InChI is InChI=1S/C20H21NO2/c1-4-23-17-10-11-19-18(12-17)20(15(3)22)14(2)21(19)13-16-8-6-5-7-9-16/h5-12H,4,13H2,1-3H3. The van der Waals surface area contributed by atoms with E-state index >= 15 is 0 Å². The van der Waals surface area contributed by atoms with Crippen LogP contribution in [0.3, 0.4) is 0 Å². The van der Waals surface area contributed by atoms with E-state index in [-0.39, 0.29) is 5.78 Å². The number of benzene rings is 2. The molecule has 0 amide bonds. The lowest BCUT2D eigenvalue weighted by atomic mass is 10.1. The Labute approximate surface area is 136 Å². The molecule has 0 aliphatic rings. The Kier molecular flexibility index (Phi) is 4.20. The molecule has 0 spiro atoms. The molecule has 0 atom stereocenters. The van der Waals surface area contributed by atoms with Gasteiger partial charge in [-0.3, -0.25) is 4.79 Å². The largest absolute Gasteiger partial charge is 0.494 e. The van der Waals surface area contributed by atoms with E-state index in [1.807, 2.05) is 50.2 Å². The molecule has 0 aliphatic heterocycles. The molecule has 23 heavy (non-hydrogen) atoms. The third-order valence-electron chi connectivity index (χ3n) is 4.14. The second-order valence-corrected chi connectivity index (χ2v) is 5.70. The molecule has 0 N–H and O–H groups in total. The van der Waals surface area contributed by atoms with Gasteiger partial charge in [-0.05, 0) is 44.5 Å². The maximum Gasteiger partial charge on any atom is 0.162 e. The molecule has 118 valence electrons. The monoisotopic (exact) mass is 307 g/mol. The molecule has 3 aromatic rings. The smallest absolute Gasteiger partial charge is 0.162 e. The van der Waals surface area contributed by atoms with Crippen molar-refractivity contribution in [3.05, 3.63) is 65.4 Å². The molecule has 1 aromatic heterocycles. The molecule has 0 saturated heterocycles. The molecular formula is C20H21NO2. The third-order valence-corrected chi connectivity index (χ3v) is 4.14. The number of rotatable bonds is 5. The van der Waals surface area contributed by atoms with Gasteiger partial charge in [0.1, 0.15) is 5.75 Å². The second kappa shape index (κ2) is 6.29. The number of fused-ring (bicyclic) bond motifs is 1. The minimum Gasteiger partial charge on any atom is -0.494 e. The van der Waals surface area contributed by atoms with Gasteiger partial charge < -0.3 is 9.30 Å². The van der Waals surface area contributed by atoms with Crippen LogP contribution in [0.5, 0.6) is 5.75 Å². The summed E-state index contributed by atoms with van der Waals surface area (Å²) in [6, 6.07) is 16.3. The number of nitrogens with zero attached hydrogens (tertiary/aromatic N) is 1. The average Bonchev–Trinajstić information content (AvgIpc) is 2.80. The van der Waals surface area contributed by atoms with Crippen molar-refractivity contribution >= 4 is 16.7 Å². The zero-order chi connectivity index (χ0) is 16.4. The highest BCUT2D eigenvalue weighted by molar-refractivity contribution is 6.08. The van der Waals surface area contributed by atoms with Crippen LogP contribution in [-0.2, 0) is 6.54 Å². The highest BCUT2D eigenvalue weighted by Crippen LogP contribution is 2.30. The first-order valence-corrected chi connectivity index (χ1v) is 7.92. The SMILES string of the molecule is CCOc1ccc2c(c1)c(C(C)=O)c(C)n2Cc1ccccc1. The highest BCUT2D eigenvalue weighted by atomic mass is 16.5. The van der Waals surface area contributed by atoms with Crippen molar-refractivity contribution in [1.29, 1.82) is 0 Å². The van der Waals surface area contributed by atoms with E-state index in [2.05, 4.69) is 16.7 Å². The summed E-state index contributed by atoms with van der Waals surface area (Å²) in [4.78, 5) is 12.2. The second-order valence-electron chi connectivity index (χ2n) is 5.70. The lowest BCUT2D eigenvalue weighted by Gasteiger charge is -2.09. The Balaban J connectivity index is 2.17. The van der Waals surface area contributed by atoms with Crippen LogP contribution in [0, 0.1) is 6.92 Å². The van der Waals surface area contributed by atoms with Gasteiger partial charge in [-0.25, -0.2) is 0 Å². The molecule has 0 fully saturated rings. The van der Waals surface area contributed by atoms with E-state index in [0.29, 0.717) is 6.61 Å². The van der Waals surface area contributed by atoms with Gasteiger partial charge in [0.15, 0.2) is 5.78 Å². The fraction of sp³-hybridized carbons (Fsp3) is 0.250. The van der Waals surface area contributed by atoms with Crippen LogP contribution >= 0.6 is 0 Å². The van der Waals surface area contributed by atoms with E-state index in [9.17, 15) is 4.79 Å². The first-order chi connectivity index (χ1) is 11.1. The Bertz CT molecular complexity index is 847. The van der Waals surface area contributed by atoms with Crippen LogP contribution in [0.2, 0.25) is 0 Å². The number of ether oxygens (including phenoxy) is 1. The van der Waals surface area contributed by atoms with E-state index in [0.717, 1.165) is 34.5 Å². The lowest BCUT2D eigenvalue weighted by Crippen LogP contribution is -2.03. The van der Waals surface area contributed by atoms with Crippen molar-refractivity contribution in [2.24, 2.45) is 0 Å². The van der Waals surface area contributed by atoms with E-state index in [4.69, 9.17) is 4.74 Å². The average molecular weight is 307 g/mol. The van der Waals surface area contributed by atoms with Crippen molar-refractivity contribution in [3.8, 4) is 5.75 Å². The highest BCUT2D eigenvalue weighted by Gasteiger charge is 2.18. The summed E-state index contributed by atoms with van der Waals surface area (Å²) in [6.07, 6.45) is 0. The van der Waals surface area contributed by atoms with Crippen LogP contribution in [0.1, 0.15) is 35.5 Å². The van der Waals surface area contributed by atoms with Crippen LogP contribution in [-0.4, -0.2) is 17.0 Å². The summed E-state index contributed by atoms with van der Waals surface area (Å²) in [5.41, 5.74) is 4.08. The first-order valence-electron chi connectivity index (χ1n) is 7.92. The van der Waals surface area contributed by atoms with Crippen LogP contribution in [0.4, 0.5) is 0 Å². The Morgan fingerprint density at radius 2 is 1.87 bits per heavy atom. The van der Waals surface area contributed by atoms with Gasteiger partial charge in [-0.1, -0.05) is 30.3 Å².